The van der Waals surface area contributed by atoms with E-state index in [1.54, 1.807) is 0 Å². The molecule has 0 radical (unpaired) electrons. The summed E-state index contributed by atoms with van der Waals surface area (Å²) in [4.78, 5) is 11.4. The normalized spacial score (nSPS) is 24.5. The van der Waals surface area contributed by atoms with Crippen LogP contribution in [-0.4, -0.2) is 42.8 Å². The second-order valence-corrected chi connectivity index (χ2v) is 4.95. The summed E-state index contributed by atoms with van der Waals surface area (Å²) in [6, 6.07) is 2.55. The molecule has 5 nitrogen and oxygen atoms in total. The number of rotatable bonds is 2. The quantitative estimate of drug-likeness (QED) is 0.847. The summed E-state index contributed by atoms with van der Waals surface area (Å²) >= 11 is 0. The molecule has 0 unspecified atom stereocenters. The van der Waals surface area contributed by atoms with Gasteiger partial charge in [-0.05, 0) is 26.3 Å². The molecule has 2 aliphatic heterocycles. The fourth-order valence-electron chi connectivity index (χ4n) is 2.64. The first-order valence-corrected chi connectivity index (χ1v) is 6.74. The number of aromatic nitrogens is 2. The lowest BCUT2D eigenvalue weighted by molar-refractivity contribution is 0.122. The zero-order chi connectivity index (χ0) is 12.4. The predicted molar refractivity (Wildman–Crippen MR) is 69.8 cm³/mol. The maximum Gasteiger partial charge on any atom is 0.132 e. The number of nitrogens with one attached hydrogen (secondary N) is 1. The summed E-state index contributed by atoms with van der Waals surface area (Å²) in [7, 11) is 0. The smallest absolute Gasteiger partial charge is 0.132 e. The lowest BCUT2D eigenvalue weighted by Crippen LogP contribution is -2.37. The van der Waals surface area contributed by atoms with Gasteiger partial charge in [0.25, 0.3) is 0 Å². The molecular formula is C13H20N4O. The van der Waals surface area contributed by atoms with Crippen molar-refractivity contribution in [2.24, 2.45) is 0 Å². The monoisotopic (exact) mass is 248 g/mol. The van der Waals surface area contributed by atoms with E-state index in [1.165, 1.54) is 12.8 Å². The average Bonchev–Trinajstić information content (AvgIpc) is 2.93. The Morgan fingerprint density at radius 1 is 1.33 bits per heavy atom. The molecule has 1 N–H and O–H groups in total. The van der Waals surface area contributed by atoms with Gasteiger partial charge in [0.2, 0.25) is 0 Å². The first kappa shape index (κ1) is 11.9. The summed E-state index contributed by atoms with van der Waals surface area (Å²) in [5.74, 6) is 1.91. The van der Waals surface area contributed by atoms with Gasteiger partial charge in [-0.1, -0.05) is 0 Å². The van der Waals surface area contributed by atoms with Gasteiger partial charge < -0.3 is 15.0 Å². The van der Waals surface area contributed by atoms with Gasteiger partial charge >= 0.3 is 0 Å². The third-order valence-corrected chi connectivity index (χ3v) is 3.60. The first-order valence-electron chi connectivity index (χ1n) is 6.74. The Kier molecular flexibility index (Phi) is 3.43. The second kappa shape index (κ2) is 5.20. The molecule has 1 aromatic heterocycles. The highest BCUT2D eigenvalue weighted by atomic mass is 16.5. The molecule has 0 amide bonds. The highest BCUT2D eigenvalue weighted by molar-refractivity contribution is 5.41. The van der Waals surface area contributed by atoms with Gasteiger partial charge in [-0.15, -0.1) is 0 Å². The number of nitrogens with zero attached hydrogens (tertiary/aromatic N) is 3. The van der Waals surface area contributed by atoms with Crippen molar-refractivity contribution in [3.05, 3.63) is 17.6 Å². The topological polar surface area (TPSA) is 50.3 Å². The van der Waals surface area contributed by atoms with Gasteiger partial charge in [0.1, 0.15) is 11.6 Å². The minimum Gasteiger partial charge on any atom is -0.378 e. The van der Waals surface area contributed by atoms with Crippen LogP contribution in [0.4, 0.5) is 5.82 Å². The summed E-state index contributed by atoms with van der Waals surface area (Å²) in [6.45, 7) is 6.51. The molecular weight excluding hydrogens is 228 g/mol. The molecule has 0 bridgehead atoms. The summed E-state index contributed by atoms with van der Waals surface area (Å²) < 4.78 is 5.38. The maximum absolute atomic E-state index is 5.38. The highest BCUT2D eigenvalue weighted by Gasteiger charge is 2.20. The molecule has 18 heavy (non-hydrogen) atoms. The van der Waals surface area contributed by atoms with Crippen LogP contribution in [-0.2, 0) is 4.74 Å². The minimum atomic E-state index is 0.409. The molecule has 98 valence electrons. The predicted octanol–water partition coefficient (Wildman–Crippen LogP) is 1.05. The van der Waals surface area contributed by atoms with Gasteiger partial charge in [-0.3, -0.25) is 0 Å². The molecule has 2 fully saturated rings. The highest BCUT2D eigenvalue weighted by Crippen LogP contribution is 2.24. The Morgan fingerprint density at radius 2 is 2.17 bits per heavy atom. The minimum absolute atomic E-state index is 0.409. The molecule has 3 rings (SSSR count). The molecule has 1 atom stereocenters. The van der Waals surface area contributed by atoms with Crippen LogP contribution < -0.4 is 10.2 Å². The van der Waals surface area contributed by atoms with Crippen molar-refractivity contribution in [2.45, 2.75) is 25.8 Å². The van der Waals surface area contributed by atoms with Gasteiger partial charge in [-0.2, -0.15) is 0 Å². The van der Waals surface area contributed by atoms with E-state index in [4.69, 9.17) is 4.74 Å². The lowest BCUT2D eigenvalue weighted by Gasteiger charge is -2.28. The van der Waals surface area contributed by atoms with Crippen molar-refractivity contribution < 1.29 is 4.74 Å². The SMILES string of the molecule is Cc1nc([C@@H]2CCCN2)cc(N2CCOCC2)n1. The van der Waals surface area contributed by atoms with E-state index >= 15 is 0 Å². The van der Waals surface area contributed by atoms with Gasteiger partial charge in [-0.25, -0.2) is 9.97 Å². The van der Waals surface area contributed by atoms with E-state index in [1.807, 2.05) is 6.92 Å². The average molecular weight is 248 g/mol. The molecule has 2 aliphatic rings. The van der Waals surface area contributed by atoms with E-state index < -0.39 is 0 Å². The van der Waals surface area contributed by atoms with Crippen LogP contribution in [0.5, 0.6) is 0 Å². The van der Waals surface area contributed by atoms with Crippen molar-refractivity contribution in [1.82, 2.24) is 15.3 Å². The summed E-state index contributed by atoms with van der Waals surface area (Å²) in [6.07, 6.45) is 2.42. The van der Waals surface area contributed by atoms with E-state index in [9.17, 15) is 0 Å². The van der Waals surface area contributed by atoms with Crippen molar-refractivity contribution >= 4 is 5.82 Å². The van der Waals surface area contributed by atoms with Crippen molar-refractivity contribution in [1.29, 1.82) is 0 Å². The van der Waals surface area contributed by atoms with Crippen LogP contribution in [0, 0.1) is 6.92 Å². The van der Waals surface area contributed by atoms with Gasteiger partial charge in [0.15, 0.2) is 0 Å². The molecule has 0 saturated carbocycles. The molecule has 1 aromatic rings. The molecule has 5 heteroatoms. The number of aryl methyl sites for hydroxylation is 1. The first-order chi connectivity index (χ1) is 8.83. The molecule has 2 saturated heterocycles. The molecule has 0 aromatic carbocycles. The Labute approximate surface area is 108 Å². The number of hydrogen-bond acceptors (Lipinski definition) is 5. The fourth-order valence-corrected chi connectivity index (χ4v) is 2.64. The van der Waals surface area contributed by atoms with Gasteiger partial charge in [0.05, 0.1) is 18.9 Å². The third-order valence-electron chi connectivity index (χ3n) is 3.60. The van der Waals surface area contributed by atoms with Crippen LogP contribution in [0.2, 0.25) is 0 Å². The van der Waals surface area contributed by atoms with Crippen molar-refractivity contribution in [2.75, 3.05) is 37.7 Å². The number of anilines is 1. The largest absolute Gasteiger partial charge is 0.378 e. The van der Waals surface area contributed by atoms with Gasteiger partial charge in [0, 0.05) is 25.2 Å². The Morgan fingerprint density at radius 3 is 2.89 bits per heavy atom. The third kappa shape index (κ3) is 2.47. The Balaban J connectivity index is 1.84. The number of hydrogen-bond donors (Lipinski definition) is 1. The summed E-state index contributed by atoms with van der Waals surface area (Å²) in [5, 5.41) is 3.50. The van der Waals surface area contributed by atoms with E-state index in [0.717, 1.165) is 50.2 Å². The zero-order valence-electron chi connectivity index (χ0n) is 10.9. The summed E-state index contributed by atoms with van der Waals surface area (Å²) in [5.41, 5.74) is 1.14. The second-order valence-electron chi connectivity index (χ2n) is 4.95. The fraction of sp³-hybridized carbons (Fsp3) is 0.692. The Hall–Kier alpha value is -1.20. The number of morpholine rings is 1. The van der Waals surface area contributed by atoms with Crippen LogP contribution >= 0.6 is 0 Å². The lowest BCUT2D eigenvalue weighted by atomic mass is 10.1. The van der Waals surface area contributed by atoms with E-state index in [0.29, 0.717) is 6.04 Å². The van der Waals surface area contributed by atoms with Crippen molar-refractivity contribution in [3.8, 4) is 0 Å². The van der Waals surface area contributed by atoms with Crippen LogP contribution in [0.15, 0.2) is 6.07 Å². The van der Waals surface area contributed by atoms with E-state index in [-0.39, 0.29) is 0 Å². The van der Waals surface area contributed by atoms with Crippen LogP contribution in [0.1, 0.15) is 30.4 Å². The van der Waals surface area contributed by atoms with Crippen LogP contribution in [0.25, 0.3) is 0 Å². The van der Waals surface area contributed by atoms with Crippen molar-refractivity contribution in [3.63, 3.8) is 0 Å². The maximum atomic E-state index is 5.38. The molecule has 0 aliphatic carbocycles. The Bertz CT molecular complexity index is 411. The molecule has 0 spiro atoms. The standard InChI is InChI=1S/C13H20N4O/c1-10-15-12(11-3-2-4-14-11)9-13(16-10)17-5-7-18-8-6-17/h9,11,14H,2-8H2,1H3/t11-/m0/s1. The zero-order valence-corrected chi connectivity index (χ0v) is 10.9. The van der Waals surface area contributed by atoms with Crippen LogP contribution in [0.3, 0.4) is 0 Å². The van der Waals surface area contributed by atoms with E-state index in [2.05, 4.69) is 26.3 Å². The number of ether oxygens (including phenoxy) is 1. The molecule has 3 heterocycles.